The molecule has 1 amide bonds. The minimum atomic E-state index is -0.0665. The van der Waals surface area contributed by atoms with Crippen LogP contribution in [-0.4, -0.2) is 52.4 Å². The summed E-state index contributed by atoms with van der Waals surface area (Å²) in [7, 11) is 1.78. The van der Waals surface area contributed by atoms with Crippen LogP contribution in [0.5, 0.6) is 0 Å². The summed E-state index contributed by atoms with van der Waals surface area (Å²) in [4.78, 5) is 14.5. The summed E-state index contributed by atoms with van der Waals surface area (Å²) in [6.45, 7) is 4.31. The fourth-order valence-electron chi connectivity index (χ4n) is 4.05. The van der Waals surface area contributed by atoms with E-state index in [1.54, 1.807) is 36.5 Å². The number of furan rings is 1. The number of carbonyl (C=O) groups is 1. The van der Waals surface area contributed by atoms with Crippen LogP contribution >= 0.6 is 0 Å². The highest BCUT2D eigenvalue weighted by Gasteiger charge is 2.52. The highest BCUT2D eigenvalue weighted by atomic mass is 16.5. The summed E-state index contributed by atoms with van der Waals surface area (Å²) < 4.78 is 12.8. The molecule has 2 aliphatic rings. The Kier molecular flexibility index (Phi) is 4.35. The van der Waals surface area contributed by atoms with E-state index in [1.165, 1.54) is 5.56 Å². The van der Waals surface area contributed by atoms with Gasteiger partial charge in [-0.25, -0.2) is 0 Å². The van der Waals surface area contributed by atoms with Crippen molar-refractivity contribution in [2.24, 2.45) is 13.0 Å². The monoisotopic (exact) mass is 344 g/mol. The molecule has 0 saturated carbocycles. The smallest absolute Gasteiger partial charge is 0.269 e. The quantitative estimate of drug-likeness (QED) is 0.858. The first-order chi connectivity index (χ1) is 12.2. The molecule has 25 heavy (non-hydrogen) atoms. The lowest BCUT2D eigenvalue weighted by atomic mass is 9.79. The molecule has 0 bridgehead atoms. The van der Waals surface area contributed by atoms with E-state index in [4.69, 9.17) is 9.15 Å². The van der Waals surface area contributed by atoms with Gasteiger partial charge in [-0.3, -0.25) is 14.4 Å². The van der Waals surface area contributed by atoms with E-state index in [0.29, 0.717) is 18.2 Å². The summed E-state index contributed by atoms with van der Waals surface area (Å²) in [5.41, 5.74) is 1.77. The minimum Gasteiger partial charge on any atom is -0.472 e. The lowest BCUT2D eigenvalue weighted by Crippen LogP contribution is -2.64. The Morgan fingerprint density at radius 1 is 1.44 bits per heavy atom. The summed E-state index contributed by atoms with van der Waals surface area (Å²) in [6.07, 6.45) is 7.17. The van der Waals surface area contributed by atoms with Crippen LogP contribution in [-0.2, 0) is 18.3 Å². The van der Waals surface area contributed by atoms with Gasteiger partial charge in [-0.15, -0.1) is 0 Å². The van der Waals surface area contributed by atoms with Crippen molar-refractivity contribution in [2.45, 2.75) is 25.0 Å². The van der Waals surface area contributed by atoms with Gasteiger partial charge >= 0.3 is 0 Å². The number of amides is 1. The number of aryl methyl sites for hydroxylation is 1. The number of nitrogens with one attached hydrogen (secondary N) is 1. The number of hydrogen-bond acceptors (Lipinski definition) is 5. The number of hydrogen-bond donors (Lipinski definition) is 1. The van der Waals surface area contributed by atoms with Gasteiger partial charge in [0.05, 0.1) is 18.1 Å². The first kappa shape index (κ1) is 16.4. The van der Waals surface area contributed by atoms with Crippen LogP contribution in [0, 0.1) is 5.92 Å². The fraction of sp³-hybridized carbons (Fsp3) is 0.556. The number of carbonyl (C=O) groups excluding carboxylic acids is 1. The van der Waals surface area contributed by atoms with Crippen molar-refractivity contribution >= 4 is 5.91 Å². The predicted octanol–water partition coefficient (Wildman–Crippen LogP) is 1.42. The molecular formula is C18H24N4O3. The second-order valence-corrected chi connectivity index (χ2v) is 7.06. The zero-order chi connectivity index (χ0) is 17.3. The van der Waals surface area contributed by atoms with Crippen molar-refractivity contribution < 1.29 is 13.9 Å². The highest BCUT2D eigenvalue weighted by Crippen LogP contribution is 2.42. The predicted molar refractivity (Wildman–Crippen MR) is 90.9 cm³/mol. The summed E-state index contributed by atoms with van der Waals surface area (Å²) >= 11 is 0. The number of ether oxygens (including phenoxy) is 1. The molecule has 1 N–H and O–H groups in total. The van der Waals surface area contributed by atoms with Crippen LogP contribution in [0.3, 0.4) is 0 Å². The molecule has 1 spiro atoms. The molecule has 2 aromatic heterocycles. The van der Waals surface area contributed by atoms with Crippen LogP contribution in [0.25, 0.3) is 0 Å². The Balaban J connectivity index is 1.25. The van der Waals surface area contributed by atoms with E-state index in [1.807, 2.05) is 6.07 Å². The van der Waals surface area contributed by atoms with Crippen LogP contribution < -0.4 is 5.32 Å². The van der Waals surface area contributed by atoms with Crippen molar-refractivity contribution in [3.63, 3.8) is 0 Å². The number of likely N-dealkylation sites (tertiary alicyclic amines) is 1. The largest absolute Gasteiger partial charge is 0.472 e. The lowest BCUT2D eigenvalue weighted by Gasteiger charge is -2.50. The number of aromatic nitrogens is 2. The highest BCUT2D eigenvalue weighted by molar-refractivity contribution is 5.92. The van der Waals surface area contributed by atoms with Crippen molar-refractivity contribution in [1.29, 1.82) is 0 Å². The number of nitrogens with zero attached hydrogens (tertiary/aromatic N) is 3. The molecule has 1 atom stereocenters. The topological polar surface area (TPSA) is 72.5 Å². The summed E-state index contributed by atoms with van der Waals surface area (Å²) in [6, 6.07) is 3.74. The Morgan fingerprint density at radius 2 is 2.32 bits per heavy atom. The van der Waals surface area contributed by atoms with Crippen LogP contribution in [0.4, 0.5) is 0 Å². The Bertz CT molecular complexity index is 719. The van der Waals surface area contributed by atoms with Crippen molar-refractivity contribution in [3.8, 4) is 0 Å². The van der Waals surface area contributed by atoms with Gasteiger partial charge in [0.2, 0.25) is 0 Å². The summed E-state index contributed by atoms with van der Waals surface area (Å²) in [5.74, 6) is 0.433. The zero-order valence-corrected chi connectivity index (χ0v) is 14.5. The second-order valence-electron chi connectivity index (χ2n) is 7.06. The van der Waals surface area contributed by atoms with Crippen molar-refractivity contribution in [3.05, 3.63) is 42.1 Å². The molecule has 134 valence electrons. The molecule has 7 heteroatoms. The Hall–Kier alpha value is -2.12. The van der Waals surface area contributed by atoms with E-state index in [2.05, 4.69) is 15.3 Å². The number of rotatable bonds is 6. The van der Waals surface area contributed by atoms with Gasteiger partial charge in [-0.1, -0.05) is 0 Å². The third kappa shape index (κ3) is 3.21. The molecule has 0 unspecified atom stereocenters. The average Bonchev–Trinajstić information content (AvgIpc) is 3.28. The SMILES string of the molecule is Cn1nccc1C(=O)NCC[C@H]1CCOC12CN(Cc1ccoc1)C2. The molecule has 2 aromatic rings. The second kappa shape index (κ2) is 6.65. The molecule has 2 aliphatic heterocycles. The molecule has 4 rings (SSSR count). The Morgan fingerprint density at radius 3 is 3.04 bits per heavy atom. The third-order valence-electron chi connectivity index (χ3n) is 5.40. The minimum absolute atomic E-state index is 0.0268. The van der Waals surface area contributed by atoms with Gasteiger partial charge in [-0.2, -0.15) is 5.10 Å². The molecule has 4 heterocycles. The maximum Gasteiger partial charge on any atom is 0.269 e. The molecular weight excluding hydrogens is 320 g/mol. The zero-order valence-electron chi connectivity index (χ0n) is 14.5. The first-order valence-corrected chi connectivity index (χ1v) is 8.80. The average molecular weight is 344 g/mol. The van der Waals surface area contributed by atoms with E-state index in [0.717, 1.165) is 39.1 Å². The van der Waals surface area contributed by atoms with E-state index >= 15 is 0 Å². The van der Waals surface area contributed by atoms with Gasteiger partial charge in [-0.05, 0) is 30.9 Å². The van der Waals surface area contributed by atoms with Crippen LogP contribution in [0.2, 0.25) is 0 Å². The van der Waals surface area contributed by atoms with Crippen LogP contribution in [0.1, 0.15) is 28.9 Å². The first-order valence-electron chi connectivity index (χ1n) is 8.80. The summed E-state index contributed by atoms with van der Waals surface area (Å²) in [5, 5.41) is 7.04. The van der Waals surface area contributed by atoms with Crippen molar-refractivity contribution in [2.75, 3.05) is 26.2 Å². The lowest BCUT2D eigenvalue weighted by molar-refractivity contribution is -0.136. The van der Waals surface area contributed by atoms with E-state index < -0.39 is 0 Å². The molecule has 0 radical (unpaired) electrons. The molecule has 2 fully saturated rings. The third-order valence-corrected chi connectivity index (χ3v) is 5.40. The molecule has 0 aromatic carbocycles. The maximum atomic E-state index is 12.2. The molecule has 0 aliphatic carbocycles. The Labute approximate surface area is 146 Å². The maximum absolute atomic E-state index is 12.2. The van der Waals surface area contributed by atoms with Gasteiger partial charge in [0.15, 0.2) is 0 Å². The van der Waals surface area contributed by atoms with Gasteiger partial charge in [0.25, 0.3) is 5.91 Å². The van der Waals surface area contributed by atoms with Crippen molar-refractivity contribution in [1.82, 2.24) is 20.0 Å². The fourth-order valence-corrected chi connectivity index (χ4v) is 4.05. The van der Waals surface area contributed by atoms with E-state index in [9.17, 15) is 4.79 Å². The van der Waals surface area contributed by atoms with Gasteiger partial charge in [0.1, 0.15) is 5.69 Å². The molecule has 2 saturated heterocycles. The van der Waals surface area contributed by atoms with Gasteiger partial charge < -0.3 is 14.5 Å². The standard InChI is InChI=1S/C18H24N4O3/c1-21-16(3-7-20-21)17(23)19-6-2-15-5-9-25-18(15)12-22(13-18)10-14-4-8-24-11-14/h3-4,7-8,11,15H,2,5-6,9-10,12-13H2,1H3,(H,19,23)/t15-/m0/s1. The molecule has 7 nitrogen and oxygen atoms in total. The van der Waals surface area contributed by atoms with Gasteiger partial charge in [0, 0.05) is 51.6 Å². The van der Waals surface area contributed by atoms with E-state index in [-0.39, 0.29) is 11.5 Å². The van der Waals surface area contributed by atoms with Crippen LogP contribution in [0.15, 0.2) is 35.3 Å². The normalized spacial score (nSPS) is 22.2.